The lowest BCUT2D eigenvalue weighted by Gasteiger charge is -2.28. The minimum atomic E-state index is -0.0103. The molecule has 1 saturated heterocycles. The van der Waals surface area contributed by atoms with E-state index in [0.29, 0.717) is 11.8 Å². The van der Waals surface area contributed by atoms with Gasteiger partial charge in [0.15, 0.2) is 0 Å². The van der Waals surface area contributed by atoms with Gasteiger partial charge in [0.25, 0.3) is 5.91 Å². The van der Waals surface area contributed by atoms with Crippen LogP contribution >= 0.6 is 0 Å². The van der Waals surface area contributed by atoms with E-state index in [1.165, 1.54) is 0 Å². The topological polar surface area (TPSA) is 50.2 Å². The number of benzene rings is 1. The minimum Gasteiger partial charge on any atom is -0.332 e. The Hall–Kier alpha value is -2.30. The molecule has 1 aliphatic rings. The fourth-order valence-corrected chi connectivity index (χ4v) is 3.83. The zero-order valence-electron chi connectivity index (χ0n) is 16.5. The Bertz CT molecular complexity index is 752. The van der Waals surface area contributed by atoms with Gasteiger partial charge in [-0.1, -0.05) is 45.9 Å². The van der Waals surface area contributed by atoms with Crippen molar-refractivity contribution in [1.82, 2.24) is 14.9 Å². The highest BCUT2D eigenvalue weighted by atomic mass is 16.1. The fraction of sp³-hybridized carbons (Fsp3) is 0.524. The monoisotopic (exact) mass is 354 g/mol. The molecule has 2 aromatic rings. The van der Waals surface area contributed by atoms with Gasteiger partial charge in [-0.05, 0) is 35.8 Å². The molecule has 3 rings (SSSR count). The Kier molecular flexibility index (Phi) is 5.35. The summed E-state index contributed by atoms with van der Waals surface area (Å²) in [6, 6.07) is 6.23. The van der Waals surface area contributed by atoms with Crippen LogP contribution in [0.25, 0.3) is 0 Å². The molecule has 0 saturated carbocycles. The van der Waals surface area contributed by atoms with E-state index in [0.717, 1.165) is 42.0 Å². The molecule has 0 aliphatic carbocycles. The predicted octanol–water partition coefficient (Wildman–Crippen LogP) is 4.02. The first kappa shape index (κ1) is 18.5. The maximum absolute atomic E-state index is 13.3. The van der Waals surface area contributed by atoms with Crippen molar-refractivity contribution in [3.63, 3.8) is 0 Å². The molecule has 0 bridgehead atoms. The van der Waals surface area contributed by atoms with Crippen LogP contribution in [0.1, 0.15) is 73.9 Å². The average Bonchev–Trinajstić information content (AvgIpc) is 3.22. The van der Waals surface area contributed by atoms with Gasteiger partial charge in [0.05, 0.1) is 0 Å². The number of amides is 1. The Morgan fingerprint density at radius 1 is 1.19 bits per heavy atom. The Morgan fingerprint density at radius 2 is 1.85 bits per heavy atom. The third kappa shape index (κ3) is 3.48. The molecule has 1 amide bonds. The summed E-state index contributed by atoms with van der Waals surface area (Å²) in [7, 11) is 1.99. The molecule has 1 fully saturated rings. The van der Waals surface area contributed by atoms with E-state index in [-0.39, 0.29) is 12.1 Å². The zero-order chi connectivity index (χ0) is 18.8. The molecule has 1 aromatic carbocycles. The molecular formula is C21H30N4O. The molecule has 1 N–H and O–H groups in total. The summed E-state index contributed by atoms with van der Waals surface area (Å²) >= 11 is 0. The van der Waals surface area contributed by atoms with E-state index in [4.69, 9.17) is 0 Å². The van der Waals surface area contributed by atoms with Crippen LogP contribution < -0.4 is 10.2 Å². The first-order chi connectivity index (χ1) is 12.4. The standard InChI is InChI=1S/C21H30N4O/c1-14(2)16-8-6-9-17(15(3)4)19(16)20(26)23-18-10-7-12-25(18)21-22-11-13-24(21)5/h6,8-9,11,13-15,18H,7,10,12H2,1-5H3,(H,23,26). The Balaban J connectivity index is 1.89. The summed E-state index contributed by atoms with van der Waals surface area (Å²) in [5, 5.41) is 3.28. The number of hydrogen-bond donors (Lipinski definition) is 1. The normalized spacial score (nSPS) is 17.3. The van der Waals surface area contributed by atoms with Gasteiger partial charge in [-0.15, -0.1) is 0 Å². The first-order valence-corrected chi connectivity index (χ1v) is 9.57. The van der Waals surface area contributed by atoms with Crippen LogP contribution in [0, 0.1) is 0 Å². The molecule has 5 heteroatoms. The van der Waals surface area contributed by atoms with Crippen molar-refractivity contribution in [1.29, 1.82) is 0 Å². The van der Waals surface area contributed by atoms with Crippen LogP contribution in [0.5, 0.6) is 0 Å². The molecule has 1 aromatic heterocycles. The second kappa shape index (κ2) is 7.52. The summed E-state index contributed by atoms with van der Waals surface area (Å²) in [6.45, 7) is 9.49. The summed E-state index contributed by atoms with van der Waals surface area (Å²) in [6.07, 6.45) is 5.73. The summed E-state index contributed by atoms with van der Waals surface area (Å²) < 4.78 is 2.01. The summed E-state index contributed by atoms with van der Waals surface area (Å²) in [5.74, 6) is 1.56. The van der Waals surface area contributed by atoms with Gasteiger partial charge >= 0.3 is 0 Å². The number of anilines is 1. The van der Waals surface area contributed by atoms with E-state index in [9.17, 15) is 4.79 Å². The SMILES string of the molecule is CC(C)c1cccc(C(C)C)c1C(=O)NC1CCCN1c1nccn1C. The molecule has 0 radical (unpaired) electrons. The predicted molar refractivity (Wildman–Crippen MR) is 106 cm³/mol. The highest BCUT2D eigenvalue weighted by molar-refractivity contribution is 5.98. The van der Waals surface area contributed by atoms with Gasteiger partial charge in [0.1, 0.15) is 6.17 Å². The van der Waals surface area contributed by atoms with Crippen LogP contribution in [0.2, 0.25) is 0 Å². The van der Waals surface area contributed by atoms with Crippen molar-refractivity contribution in [2.45, 2.75) is 58.5 Å². The van der Waals surface area contributed by atoms with Crippen molar-refractivity contribution in [3.8, 4) is 0 Å². The smallest absolute Gasteiger partial charge is 0.253 e. The van der Waals surface area contributed by atoms with Crippen LogP contribution in [0.4, 0.5) is 5.95 Å². The van der Waals surface area contributed by atoms with E-state index >= 15 is 0 Å². The Labute approximate surface area is 156 Å². The van der Waals surface area contributed by atoms with E-state index in [1.807, 2.05) is 17.8 Å². The molecule has 1 atom stereocenters. The maximum Gasteiger partial charge on any atom is 0.253 e. The lowest BCUT2D eigenvalue weighted by atomic mass is 9.88. The number of rotatable bonds is 5. The maximum atomic E-state index is 13.3. The lowest BCUT2D eigenvalue weighted by Crippen LogP contribution is -2.45. The third-order valence-electron chi connectivity index (χ3n) is 5.20. The van der Waals surface area contributed by atoms with E-state index in [1.54, 1.807) is 6.20 Å². The van der Waals surface area contributed by atoms with E-state index in [2.05, 4.69) is 61.1 Å². The first-order valence-electron chi connectivity index (χ1n) is 9.57. The molecule has 1 aliphatic heterocycles. The van der Waals surface area contributed by atoms with Crippen molar-refractivity contribution in [3.05, 3.63) is 47.3 Å². The van der Waals surface area contributed by atoms with Gasteiger partial charge < -0.3 is 14.8 Å². The quantitative estimate of drug-likeness (QED) is 0.882. The molecule has 2 heterocycles. The third-order valence-corrected chi connectivity index (χ3v) is 5.20. The highest BCUT2D eigenvalue weighted by Gasteiger charge is 2.30. The van der Waals surface area contributed by atoms with E-state index < -0.39 is 0 Å². The summed E-state index contributed by atoms with van der Waals surface area (Å²) in [4.78, 5) is 19.9. The number of aromatic nitrogens is 2. The number of carbonyl (C=O) groups is 1. The number of imidazole rings is 1. The van der Waals surface area contributed by atoms with Crippen LogP contribution in [-0.4, -0.2) is 28.2 Å². The van der Waals surface area contributed by atoms with Crippen molar-refractivity contribution in [2.75, 3.05) is 11.4 Å². The zero-order valence-corrected chi connectivity index (χ0v) is 16.5. The second-order valence-electron chi connectivity index (χ2n) is 7.78. The average molecular weight is 354 g/mol. The van der Waals surface area contributed by atoms with Crippen molar-refractivity contribution >= 4 is 11.9 Å². The molecule has 1 unspecified atom stereocenters. The summed E-state index contributed by atoms with van der Waals surface area (Å²) in [5.41, 5.74) is 3.09. The fourth-order valence-electron chi connectivity index (χ4n) is 3.83. The van der Waals surface area contributed by atoms with Gasteiger partial charge in [0, 0.05) is 31.5 Å². The Morgan fingerprint density at radius 3 is 2.38 bits per heavy atom. The number of nitrogens with one attached hydrogen (secondary N) is 1. The largest absolute Gasteiger partial charge is 0.332 e. The van der Waals surface area contributed by atoms with Gasteiger partial charge in [-0.25, -0.2) is 4.98 Å². The van der Waals surface area contributed by atoms with Crippen molar-refractivity contribution < 1.29 is 4.79 Å². The molecule has 140 valence electrons. The van der Waals surface area contributed by atoms with Crippen LogP contribution in [0.3, 0.4) is 0 Å². The molecule has 0 spiro atoms. The number of aryl methyl sites for hydroxylation is 1. The van der Waals surface area contributed by atoms with Crippen LogP contribution in [0.15, 0.2) is 30.6 Å². The molecule has 5 nitrogen and oxygen atoms in total. The number of nitrogens with zero attached hydrogens (tertiary/aromatic N) is 3. The lowest BCUT2D eigenvalue weighted by molar-refractivity contribution is 0.0935. The minimum absolute atomic E-state index is 0.0103. The molecular weight excluding hydrogens is 324 g/mol. The van der Waals surface area contributed by atoms with Gasteiger partial charge in [0.2, 0.25) is 5.95 Å². The second-order valence-corrected chi connectivity index (χ2v) is 7.78. The van der Waals surface area contributed by atoms with Crippen LogP contribution in [-0.2, 0) is 7.05 Å². The number of hydrogen-bond acceptors (Lipinski definition) is 3. The van der Waals surface area contributed by atoms with Crippen molar-refractivity contribution in [2.24, 2.45) is 7.05 Å². The van der Waals surface area contributed by atoms with Gasteiger partial charge in [-0.3, -0.25) is 4.79 Å². The molecule has 26 heavy (non-hydrogen) atoms. The number of carbonyl (C=O) groups excluding carboxylic acids is 1. The highest BCUT2D eigenvalue weighted by Crippen LogP contribution is 2.29. The van der Waals surface area contributed by atoms with Gasteiger partial charge in [-0.2, -0.15) is 0 Å².